The fourth-order valence-electron chi connectivity index (χ4n) is 3.39. The predicted molar refractivity (Wildman–Crippen MR) is 91.8 cm³/mol. The minimum absolute atomic E-state index is 0.267. The fraction of sp³-hybridized carbons (Fsp3) is 0.556. The van der Waals surface area contributed by atoms with Crippen molar-refractivity contribution in [3.63, 3.8) is 0 Å². The van der Waals surface area contributed by atoms with Gasteiger partial charge in [-0.05, 0) is 24.8 Å². The van der Waals surface area contributed by atoms with Gasteiger partial charge in [0.1, 0.15) is 0 Å². The second-order valence-electron chi connectivity index (χ2n) is 5.97. The summed E-state index contributed by atoms with van der Waals surface area (Å²) in [4.78, 5) is 2.61. The van der Waals surface area contributed by atoms with Crippen LogP contribution in [0.1, 0.15) is 32.3 Å². The van der Waals surface area contributed by atoms with Crippen LogP contribution in [0.25, 0.3) is 0 Å². The highest BCUT2D eigenvalue weighted by molar-refractivity contribution is 6.25. The van der Waals surface area contributed by atoms with Crippen LogP contribution in [0.15, 0.2) is 41.9 Å². The van der Waals surface area contributed by atoms with Gasteiger partial charge in [-0.1, -0.05) is 61.9 Å². The highest BCUT2D eigenvalue weighted by Gasteiger charge is 2.38. The Kier molecular flexibility index (Phi) is 6.28. The Morgan fingerprint density at radius 2 is 2.00 bits per heavy atom. The summed E-state index contributed by atoms with van der Waals surface area (Å²) in [6.45, 7) is 7.67. The predicted octanol–water partition coefficient (Wildman–Crippen LogP) is 3.81. The van der Waals surface area contributed by atoms with Gasteiger partial charge in [0.25, 0.3) is 0 Å². The van der Waals surface area contributed by atoms with Gasteiger partial charge in [0, 0.05) is 36.8 Å². The highest BCUT2D eigenvalue weighted by atomic mass is 35.5. The van der Waals surface area contributed by atoms with E-state index in [1.54, 1.807) is 5.54 Å². The van der Waals surface area contributed by atoms with Crippen molar-refractivity contribution in [2.24, 2.45) is 0 Å². The van der Waals surface area contributed by atoms with Crippen molar-refractivity contribution in [1.82, 2.24) is 10.2 Å². The van der Waals surface area contributed by atoms with Crippen LogP contribution in [0.2, 0.25) is 0 Å². The van der Waals surface area contributed by atoms with E-state index in [9.17, 15) is 0 Å². The number of piperazine rings is 1. The number of hydrogen-bond acceptors (Lipinski definition) is 2. The molecular formula is C18H27ClN2. The molecule has 0 amide bonds. The summed E-state index contributed by atoms with van der Waals surface area (Å²) in [5, 5.41) is 3.77. The Bertz CT molecular complexity index is 440. The molecule has 1 aromatic carbocycles. The van der Waals surface area contributed by atoms with E-state index in [1.807, 2.05) is 0 Å². The summed E-state index contributed by atoms with van der Waals surface area (Å²) in [6, 6.07) is 11.3. The van der Waals surface area contributed by atoms with Crippen LogP contribution in [0.4, 0.5) is 0 Å². The van der Waals surface area contributed by atoms with Gasteiger partial charge in [-0.15, -0.1) is 0 Å². The van der Waals surface area contributed by atoms with Gasteiger partial charge in [0.15, 0.2) is 0 Å². The molecule has 116 valence electrons. The summed E-state index contributed by atoms with van der Waals surface area (Å²) in [5.41, 5.74) is 3.32. The Morgan fingerprint density at radius 3 is 2.62 bits per heavy atom. The molecule has 1 aliphatic rings. The molecule has 0 aliphatic carbocycles. The van der Waals surface area contributed by atoms with Crippen molar-refractivity contribution in [2.45, 2.75) is 44.7 Å². The van der Waals surface area contributed by atoms with E-state index < -0.39 is 0 Å². The Morgan fingerprint density at radius 1 is 1.29 bits per heavy atom. The molecule has 0 saturated carbocycles. The van der Waals surface area contributed by atoms with Crippen molar-refractivity contribution < 1.29 is 0 Å². The molecular weight excluding hydrogens is 280 g/mol. The first-order chi connectivity index (χ1) is 10.2. The molecule has 0 spiro atoms. The number of nitrogens with one attached hydrogen (secondary N) is 1. The van der Waals surface area contributed by atoms with E-state index in [-0.39, 0.29) is 5.54 Å². The number of halogens is 1. The van der Waals surface area contributed by atoms with Gasteiger partial charge in [-0.2, -0.15) is 0 Å². The van der Waals surface area contributed by atoms with Gasteiger partial charge in [-0.25, -0.2) is 0 Å². The summed E-state index contributed by atoms with van der Waals surface area (Å²) in [7, 11) is 0. The molecule has 1 unspecified atom stereocenters. The lowest BCUT2D eigenvalue weighted by atomic mass is 9.86. The molecule has 1 aliphatic heterocycles. The van der Waals surface area contributed by atoms with E-state index in [2.05, 4.69) is 60.5 Å². The third kappa shape index (κ3) is 4.09. The van der Waals surface area contributed by atoms with Crippen LogP contribution < -0.4 is 5.32 Å². The lowest BCUT2D eigenvalue weighted by Gasteiger charge is -2.49. The van der Waals surface area contributed by atoms with Crippen molar-refractivity contribution in [3.05, 3.63) is 47.5 Å². The number of benzene rings is 1. The normalized spacial score (nSPS) is 22.7. The molecule has 0 aromatic heterocycles. The molecule has 21 heavy (non-hydrogen) atoms. The van der Waals surface area contributed by atoms with Gasteiger partial charge in [0.2, 0.25) is 0 Å². The van der Waals surface area contributed by atoms with Gasteiger partial charge in [-0.3, -0.25) is 4.90 Å². The van der Waals surface area contributed by atoms with Gasteiger partial charge >= 0.3 is 0 Å². The first-order valence-electron chi connectivity index (χ1n) is 8.01. The van der Waals surface area contributed by atoms with Crippen LogP contribution in [-0.2, 0) is 6.42 Å². The van der Waals surface area contributed by atoms with Crippen LogP contribution in [0.5, 0.6) is 0 Å². The number of hydrogen-bond donors (Lipinski definition) is 1. The quantitative estimate of drug-likeness (QED) is 0.859. The lowest BCUT2D eigenvalue weighted by Crippen LogP contribution is -2.64. The van der Waals surface area contributed by atoms with Crippen LogP contribution in [0, 0.1) is 0 Å². The molecule has 1 saturated heterocycles. The van der Waals surface area contributed by atoms with Gasteiger partial charge in [0.05, 0.1) is 0 Å². The molecule has 1 atom stereocenters. The Balaban J connectivity index is 2.05. The maximum Gasteiger partial charge on any atom is 0.0332 e. The zero-order valence-electron chi connectivity index (χ0n) is 13.2. The maximum absolute atomic E-state index is 5.74. The third-order valence-electron chi connectivity index (χ3n) is 4.89. The second kappa shape index (κ2) is 7.98. The topological polar surface area (TPSA) is 15.3 Å². The maximum atomic E-state index is 5.74. The fourth-order valence-corrected chi connectivity index (χ4v) is 3.47. The Hall–Kier alpha value is -0.830. The van der Waals surface area contributed by atoms with Crippen LogP contribution in [-0.4, -0.2) is 36.1 Å². The van der Waals surface area contributed by atoms with Crippen molar-refractivity contribution in [2.75, 3.05) is 19.6 Å². The largest absolute Gasteiger partial charge is 0.311 e. The Labute approximate surface area is 134 Å². The van der Waals surface area contributed by atoms with Crippen molar-refractivity contribution in [1.29, 1.82) is 0 Å². The monoisotopic (exact) mass is 306 g/mol. The summed E-state index contributed by atoms with van der Waals surface area (Å²) >= 11 is 5.74. The SMILES string of the molecule is CCC1(CC)CNC(Cc2ccccc2)CN1C/C=C/Cl. The molecule has 2 rings (SSSR count). The van der Waals surface area contributed by atoms with Crippen LogP contribution in [0.3, 0.4) is 0 Å². The summed E-state index contributed by atoms with van der Waals surface area (Å²) in [6.07, 6.45) is 5.49. The average Bonchev–Trinajstić information content (AvgIpc) is 2.54. The highest BCUT2D eigenvalue weighted by Crippen LogP contribution is 2.27. The second-order valence-corrected chi connectivity index (χ2v) is 6.22. The third-order valence-corrected chi connectivity index (χ3v) is 5.07. The zero-order chi connectivity index (χ0) is 15.1. The molecule has 1 heterocycles. The van der Waals surface area contributed by atoms with Crippen LogP contribution >= 0.6 is 11.6 Å². The molecule has 1 aromatic rings. The minimum atomic E-state index is 0.267. The first-order valence-corrected chi connectivity index (χ1v) is 8.45. The molecule has 0 bridgehead atoms. The first kappa shape index (κ1) is 16.5. The van der Waals surface area contributed by atoms with E-state index in [0.29, 0.717) is 6.04 Å². The molecule has 1 fully saturated rings. The minimum Gasteiger partial charge on any atom is -0.311 e. The van der Waals surface area contributed by atoms with Crippen molar-refractivity contribution in [3.8, 4) is 0 Å². The standard InChI is InChI=1S/C18H27ClN2/c1-3-18(4-2)15-20-17(14-21(18)12-8-11-19)13-16-9-6-5-7-10-16/h5-11,17,20H,3-4,12-15H2,1-2H3/b11-8+. The average molecular weight is 307 g/mol. The summed E-state index contributed by atoms with van der Waals surface area (Å²) < 4.78 is 0. The van der Waals surface area contributed by atoms with E-state index in [1.165, 1.54) is 18.4 Å². The van der Waals surface area contributed by atoms with Crippen molar-refractivity contribution >= 4 is 11.6 Å². The molecule has 2 nitrogen and oxygen atoms in total. The molecule has 1 N–H and O–H groups in total. The van der Waals surface area contributed by atoms with E-state index in [0.717, 1.165) is 26.1 Å². The van der Waals surface area contributed by atoms with Gasteiger partial charge < -0.3 is 5.32 Å². The van der Waals surface area contributed by atoms with E-state index >= 15 is 0 Å². The lowest BCUT2D eigenvalue weighted by molar-refractivity contribution is 0.0424. The zero-order valence-corrected chi connectivity index (χ0v) is 13.9. The van der Waals surface area contributed by atoms with E-state index in [4.69, 9.17) is 11.6 Å². The number of rotatable bonds is 6. The molecule has 0 radical (unpaired) electrons. The smallest absolute Gasteiger partial charge is 0.0332 e. The number of nitrogens with zero attached hydrogens (tertiary/aromatic N) is 1. The summed E-state index contributed by atoms with van der Waals surface area (Å²) in [5.74, 6) is 0. The molecule has 3 heteroatoms.